The number of hydrogen-bond acceptors (Lipinski definition) is 10. The number of aliphatic imine (C=N–C) groups is 2. The Morgan fingerprint density at radius 2 is 1.68 bits per heavy atom. The molecule has 0 fully saturated rings. The molecule has 2 rings (SSSR count). The minimum Gasteiger partial charge on any atom is -0.508 e. The van der Waals surface area contributed by atoms with Crippen molar-refractivity contribution in [2.24, 2.45) is 32.9 Å². The first-order chi connectivity index (χ1) is 22.1. The molecule has 19 heteroatoms. The van der Waals surface area contributed by atoms with E-state index >= 15 is 0 Å². The summed E-state index contributed by atoms with van der Waals surface area (Å²) in [7, 11) is 0. The third kappa shape index (κ3) is 16.1. The van der Waals surface area contributed by atoms with Crippen molar-refractivity contribution in [3.8, 4) is 5.75 Å². The van der Waals surface area contributed by atoms with Gasteiger partial charge >= 0.3 is 5.88 Å². The minimum absolute atomic E-state index is 0.0465. The lowest BCUT2D eigenvalue weighted by Gasteiger charge is -2.23. The number of nitrogens with two attached hydrogens (primary N) is 4. The topological polar surface area (TPSA) is 321 Å². The number of carbonyl (C=O) groups excluding carboxylic acids is 3. The second kappa shape index (κ2) is 20.2. The van der Waals surface area contributed by atoms with Crippen molar-refractivity contribution < 1.29 is 38.7 Å². The van der Waals surface area contributed by atoms with Crippen LogP contribution in [0, 0.1) is 10.1 Å². The third-order valence-corrected chi connectivity index (χ3v) is 6.16. The molecule has 0 spiro atoms. The van der Waals surface area contributed by atoms with Gasteiger partial charge in [0.1, 0.15) is 28.5 Å². The van der Waals surface area contributed by atoms with E-state index in [-0.39, 0.29) is 56.6 Å². The number of carboxylic acid groups (broad SMARTS) is 1. The van der Waals surface area contributed by atoms with Crippen molar-refractivity contribution in [3.63, 3.8) is 0 Å². The summed E-state index contributed by atoms with van der Waals surface area (Å²) in [5.41, 5.74) is 22.5. The lowest BCUT2D eigenvalue weighted by molar-refractivity contribution is -0.402. The lowest BCUT2D eigenvalue weighted by atomic mass is 10.0. The fraction of sp³-hybridized carbons (Fsp3) is 0.429. The smallest absolute Gasteiger partial charge is 0.433 e. The van der Waals surface area contributed by atoms with Crippen molar-refractivity contribution in [1.82, 2.24) is 15.5 Å². The van der Waals surface area contributed by atoms with Crippen LogP contribution in [0.3, 0.4) is 0 Å². The Morgan fingerprint density at radius 1 is 1.04 bits per heavy atom. The number of carbonyl (C=O) groups is 4. The van der Waals surface area contributed by atoms with Crippen LogP contribution in [0.25, 0.3) is 0 Å². The van der Waals surface area contributed by atoms with Crippen LogP contribution >= 0.6 is 0 Å². The Balaban J connectivity index is 0.00000260. The molecule has 1 aromatic carbocycles. The summed E-state index contributed by atoms with van der Waals surface area (Å²) in [4.78, 5) is 67.7. The Kier molecular flexibility index (Phi) is 16.8. The number of phenols is 1. The van der Waals surface area contributed by atoms with Crippen LogP contribution in [0.5, 0.6) is 5.75 Å². The molecule has 47 heavy (non-hydrogen) atoms. The fourth-order valence-corrected chi connectivity index (χ4v) is 3.97. The Morgan fingerprint density at radius 3 is 2.21 bits per heavy atom. The zero-order chi connectivity index (χ0) is 35.5. The van der Waals surface area contributed by atoms with Gasteiger partial charge in [0, 0.05) is 39.4 Å². The van der Waals surface area contributed by atoms with E-state index in [0.717, 1.165) is 6.92 Å². The van der Waals surface area contributed by atoms with Gasteiger partial charge in [-0.1, -0.05) is 12.1 Å². The van der Waals surface area contributed by atoms with Crippen molar-refractivity contribution in [3.05, 3.63) is 57.8 Å². The molecule has 1 heterocycles. The van der Waals surface area contributed by atoms with Gasteiger partial charge < -0.3 is 53.1 Å². The van der Waals surface area contributed by atoms with Crippen molar-refractivity contribution in [2.45, 2.75) is 51.6 Å². The van der Waals surface area contributed by atoms with Gasteiger partial charge in [0.2, 0.25) is 17.7 Å². The Hall–Kier alpha value is -5.88. The maximum atomic E-state index is 13.2. The molecule has 12 N–H and O–H groups in total. The van der Waals surface area contributed by atoms with Crippen LogP contribution in [-0.4, -0.2) is 93.9 Å². The van der Waals surface area contributed by atoms with E-state index < -0.39 is 46.6 Å². The van der Waals surface area contributed by atoms with Gasteiger partial charge in [-0.15, -0.1) is 0 Å². The number of aliphatic carboxylic acids is 1. The molecule has 0 bridgehead atoms. The maximum Gasteiger partial charge on any atom is 0.433 e. The summed E-state index contributed by atoms with van der Waals surface area (Å²) in [6, 6.07) is 6.65. The predicted molar refractivity (Wildman–Crippen MR) is 171 cm³/mol. The molecule has 19 nitrogen and oxygen atoms in total. The highest BCUT2D eigenvalue weighted by molar-refractivity contribution is 5.93. The Labute approximate surface area is 270 Å². The average molecular weight is 663 g/mol. The second-order valence-corrected chi connectivity index (χ2v) is 9.91. The van der Waals surface area contributed by atoms with E-state index in [9.17, 15) is 29.6 Å². The molecule has 258 valence electrons. The molecule has 3 amide bonds. The molecule has 0 aliphatic rings. The van der Waals surface area contributed by atoms with Gasteiger partial charge in [-0.2, -0.15) is 0 Å². The molecular weight excluding hydrogens is 620 g/mol. The summed E-state index contributed by atoms with van der Waals surface area (Å²) in [5.74, 6) is -2.97. The monoisotopic (exact) mass is 662 g/mol. The molecule has 0 aliphatic carbocycles. The number of rotatable bonds is 17. The number of nitrogens with one attached hydrogen (secondary N) is 2. The largest absolute Gasteiger partial charge is 0.508 e. The second-order valence-electron chi connectivity index (χ2n) is 9.91. The van der Waals surface area contributed by atoms with Gasteiger partial charge in [0.25, 0.3) is 5.97 Å². The van der Waals surface area contributed by atoms with Crippen molar-refractivity contribution in [1.29, 1.82) is 0 Å². The number of likely N-dealkylation sites (N-methyl/N-ethyl adjacent to an activating group) is 1. The van der Waals surface area contributed by atoms with Crippen molar-refractivity contribution >= 4 is 41.5 Å². The number of guanidine groups is 2. The fourth-order valence-electron chi connectivity index (χ4n) is 3.97. The predicted octanol–water partition coefficient (Wildman–Crippen LogP) is -1.09. The van der Waals surface area contributed by atoms with Gasteiger partial charge in [0.05, 0.1) is 12.6 Å². The standard InChI is InChI=1S/C26H38N10O7.C2H4O2/c1-2-35(13-11-18-9-10-22(43-18)36(41)42)21(38)15-32-23(39)19(4-3-12-31-25(27)28)33-24(40)20(34-26(29)30)14-16-5-7-17(37)8-6-16;1-2(3)4/h5-10,19-20,37H,2-4,11-15H2,1H3,(H,32,39)(H,33,40)(H4,27,28,31)(H4,29,30,34);1H3,(H,3,4)/t19-,20+;/m1./s1. The van der Waals surface area contributed by atoms with Gasteiger partial charge in [-0.25, -0.2) is 4.99 Å². The molecule has 0 saturated heterocycles. The number of amides is 3. The molecule has 2 atom stereocenters. The highest BCUT2D eigenvalue weighted by atomic mass is 16.6. The van der Waals surface area contributed by atoms with E-state index in [1.54, 1.807) is 19.1 Å². The van der Waals surface area contributed by atoms with Crippen LogP contribution in [0.4, 0.5) is 5.88 Å². The van der Waals surface area contributed by atoms with Crippen LogP contribution in [0.15, 0.2) is 50.8 Å². The number of carboxylic acids is 1. The molecule has 0 saturated carbocycles. The number of aromatic hydroxyl groups is 1. The summed E-state index contributed by atoms with van der Waals surface area (Å²) in [6.07, 6.45) is 0.768. The molecule has 0 radical (unpaired) electrons. The quantitative estimate of drug-likeness (QED) is 0.0329. The number of nitro groups is 1. The number of nitrogens with zero attached hydrogens (tertiary/aromatic N) is 4. The highest BCUT2D eigenvalue weighted by Gasteiger charge is 2.26. The molecular formula is C28H42N10O9. The molecule has 2 aromatic rings. The van der Waals surface area contributed by atoms with E-state index in [4.69, 9.17) is 37.3 Å². The summed E-state index contributed by atoms with van der Waals surface area (Å²) < 4.78 is 5.13. The van der Waals surface area contributed by atoms with E-state index in [2.05, 4.69) is 20.6 Å². The number of hydrogen-bond donors (Lipinski definition) is 8. The number of phenolic OH excluding ortho intramolecular Hbond substituents is 1. The first kappa shape index (κ1) is 39.1. The molecule has 0 aliphatic heterocycles. The van der Waals surface area contributed by atoms with E-state index in [1.807, 2.05) is 0 Å². The van der Waals surface area contributed by atoms with Crippen LogP contribution < -0.4 is 33.6 Å². The molecule has 0 unspecified atom stereocenters. The van der Waals surface area contributed by atoms with Gasteiger partial charge in [-0.3, -0.25) is 34.3 Å². The van der Waals surface area contributed by atoms with Crippen LogP contribution in [-0.2, 0) is 32.0 Å². The summed E-state index contributed by atoms with van der Waals surface area (Å²) in [6.45, 7) is 3.17. The SMILES string of the molecule is CC(=O)O.CCN(CCc1ccc([N+](=O)[O-])o1)C(=O)CNC(=O)[C@@H](CCCN=C(N)N)NC(=O)[C@H](Cc1ccc(O)cc1)N=C(N)N. The van der Waals surface area contributed by atoms with Gasteiger partial charge in [0.15, 0.2) is 11.9 Å². The third-order valence-electron chi connectivity index (χ3n) is 6.16. The summed E-state index contributed by atoms with van der Waals surface area (Å²) >= 11 is 0. The zero-order valence-corrected chi connectivity index (χ0v) is 26.1. The van der Waals surface area contributed by atoms with Gasteiger partial charge in [-0.05, 0) is 43.5 Å². The van der Waals surface area contributed by atoms with Crippen LogP contribution in [0.1, 0.15) is 38.0 Å². The average Bonchev–Trinajstić information content (AvgIpc) is 3.47. The van der Waals surface area contributed by atoms with Crippen LogP contribution in [0.2, 0.25) is 0 Å². The summed E-state index contributed by atoms with van der Waals surface area (Å²) in [5, 5.41) is 33.0. The maximum absolute atomic E-state index is 13.2. The lowest BCUT2D eigenvalue weighted by Crippen LogP contribution is -2.52. The first-order valence-corrected chi connectivity index (χ1v) is 14.3. The highest BCUT2D eigenvalue weighted by Crippen LogP contribution is 2.16. The van der Waals surface area contributed by atoms with E-state index in [0.29, 0.717) is 24.3 Å². The minimum atomic E-state index is -1.09. The normalized spacial score (nSPS) is 11.4. The Bertz CT molecular complexity index is 1400. The number of furan rings is 1. The van der Waals surface area contributed by atoms with E-state index in [1.165, 1.54) is 29.2 Å². The zero-order valence-electron chi connectivity index (χ0n) is 26.1. The van der Waals surface area contributed by atoms with Crippen molar-refractivity contribution in [2.75, 3.05) is 26.2 Å². The molecule has 1 aromatic heterocycles. The first-order valence-electron chi connectivity index (χ1n) is 14.3. The number of benzene rings is 1.